The number of carbonyl (C=O) groups excluding carboxylic acids is 1. The first kappa shape index (κ1) is 17.4. The summed E-state index contributed by atoms with van der Waals surface area (Å²) in [7, 11) is 3.72. The van der Waals surface area contributed by atoms with Gasteiger partial charge in [0.2, 0.25) is 5.91 Å². The van der Waals surface area contributed by atoms with Crippen LogP contribution in [0.3, 0.4) is 0 Å². The summed E-state index contributed by atoms with van der Waals surface area (Å²) in [6.45, 7) is 9.52. The molecule has 0 heterocycles. The van der Waals surface area contributed by atoms with Crippen LogP contribution in [0.25, 0.3) is 0 Å². The Morgan fingerprint density at radius 2 is 2.00 bits per heavy atom. The molecule has 0 aliphatic rings. The first-order valence-electron chi connectivity index (χ1n) is 6.49. The Morgan fingerprint density at radius 1 is 1.44 bits per heavy atom. The molecule has 0 aromatic carbocycles. The van der Waals surface area contributed by atoms with Gasteiger partial charge in [0.25, 0.3) is 0 Å². The fourth-order valence-electron chi connectivity index (χ4n) is 2.07. The van der Waals surface area contributed by atoms with Crippen molar-refractivity contribution in [2.75, 3.05) is 27.3 Å². The summed E-state index contributed by atoms with van der Waals surface area (Å²) < 4.78 is 5.06. The van der Waals surface area contributed by atoms with E-state index in [1.54, 1.807) is 7.11 Å². The van der Waals surface area contributed by atoms with Gasteiger partial charge in [0.05, 0.1) is 12.1 Å². The quantitative estimate of drug-likeness (QED) is 0.636. The third kappa shape index (κ3) is 5.80. The van der Waals surface area contributed by atoms with Crippen LogP contribution in [0.15, 0.2) is 0 Å². The van der Waals surface area contributed by atoms with E-state index in [1.807, 2.05) is 27.8 Å². The number of nitrogens with zero attached hydrogens (tertiary/aromatic N) is 1. The average Bonchev–Trinajstić information content (AvgIpc) is 2.24. The molecule has 108 valence electrons. The van der Waals surface area contributed by atoms with Crippen LogP contribution in [-0.2, 0) is 9.53 Å². The topological polar surface area (TPSA) is 67.6 Å². The minimum Gasteiger partial charge on any atom is -0.383 e. The predicted molar refractivity (Wildman–Crippen MR) is 74.5 cm³/mol. The molecule has 2 atom stereocenters. The molecule has 0 bridgehead atoms. The number of nitrogens with one attached hydrogen (secondary N) is 1. The smallest absolute Gasteiger partial charge is 0.237 e. The summed E-state index contributed by atoms with van der Waals surface area (Å²) in [4.78, 5) is 13.8. The van der Waals surface area contributed by atoms with Gasteiger partial charge in [-0.05, 0) is 41.2 Å². The van der Waals surface area contributed by atoms with Gasteiger partial charge in [0.1, 0.15) is 0 Å². The molecule has 5 heteroatoms. The third-order valence-corrected chi connectivity index (χ3v) is 3.26. The van der Waals surface area contributed by atoms with Crippen LogP contribution in [0.1, 0.15) is 34.1 Å². The zero-order valence-electron chi connectivity index (χ0n) is 12.6. The largest absolute Gasteiger partial charge is 0.383 e. The van der Waals surface area contributed by atoms with Crippen LogP contribution >= 0.6 is 0 Å². The molecule has 2 unspecified atom stereocenters. The summed E-state index contributed by atoms with van der Waals surface area (Å²) in [6.07, 6.45) is 0.681. The van der Waals surface area contributed by atoms with Crippen molar-refractivity contribution in [3.63, 3.8) is 0 Å². The number of ether oxygens (including phenoxy) is 1. The van der Waals surface area contributed by atoms with E-state index >= 15 is 0 Å². The van der Waals surface area contributed by atoms with Crippen molar-refractivity contribution in [2.45, 2.75) is 51.7 Å². The number of hydrogen-bond donors (Lipinski definition) is 2. The Hall–Kier alpha value is -0.650. The number of carbonyl (C=O) groups is 1. The lowest BCUT2D eigenvalue weighted by Gasteiger charge is -2.35. The molecule has 0 fully saturated rings. The van der Waals surface area contributed by atoms with Crippen LogP contribution in [-0.4, -0.2) is 55.7 Å². The Bertz CT molecular complexity index is 259. The normalized spacial score (nSPS) is 16.9. The monoisotopic (exact) mass is 259 g/mol. The van der Waals surface area contributed by atoms with Crippen molar-refractivity contribution >= 4 is 5.91 Å². The second-order valence-electron chi connectivity index (χ2n) is 5.52. The van der Waals surface area contributed by atoms with E-state index in [-0.39, 0.29) is 18.0 Å². The van der Waals surface area contributed by atoms with Crippen LogP contribution in [0.2, 0.25) is 0 Å². The minimum atomic E-state index is -0.672. The molecule has 1 amide bonds. The maximum absolute atomic E-state index is 11.6. The third-order valence-electron chi connectivity index (χ3n) is 3.26. The first-order chi connectivity index (χ1) is 8.23. The van der Waals surface area contributed by atoms with E-state index < -0.39 is 5.54 Å². The van der Waals surface area contributed by atoms with Crippen molar-refractivity contribution in [3.05, 3.63) is 0 Å². The van der Waals surface area contributed by atoms with Crippen LogP contribution in [0.4, 0.5) is 0 Å². The van der Waals surface area contributed by atoms with Gasteiger partial charge in [-0.25, -0.2) is 0 Å². The van der Waals surface area contributed by atoms with Gasteiger partial charge >= 0.3 is 0 Å². The molecule has 0 aliphatic heterocycles. The molecule has 0 aromatic heterocycles. The van der Waals surface area contributed by atoms with Crippen LogP contribution in [0.5, 0.6) is 0 Å². The lowest BCUT2D eigenvalue weighted by Crippen LogP contribution is -2.58. The zero-order chi connectivity index (χ0) is 14.3. The number of likely N-dealkylation sites (N-methyl/N-ethyl adjacent to an activating group) is 1. The first-order valence-corrected chi connectivity index (χ1v) is 6.49. The second-order valence-corrected chi connectivity index (χ2v) is 5.52. The number of rotatable bonds is 9. The highest BCUT2D eigenvalue weighted by Gasteiger charge is 2.34. The molecule has 0 spiro atoms. The highest BCUT2D eigenvalue weighted by atomic mass is 16.5. The highest BCUT2D eigenvalue weighted by Crippen LogP contribution is 2.16. The van der Waals surface area contributed by atoms with Gasteiger partial charge in [-0.3, -0.25) is 4.79 Å². The van der Waals surface area contributed by atoms with E-state index in [0.717, 1.165) is 6.54 Å². The Labute approximate surface area is 111 Å². The molecule has 0 radical (unpaired) electrons. The van der Waals surface area contributed by atoms with Gasteiger partial charge < -0.3 is 20.7 Å². The van der Waals surface area contributed by atoms with Gasteiger partial charge in [-0.2, -0.15) is 0 Å². The number of methoxy groups -OCH3 is 1. The fourth-order valence-corrected chi connectivity index (χ4v) is 2.07. The van der Waals surface area contributed by atoms with Crippen molar-refractivity contribution < 1.29 is 9.53 Å². The molecular formula is C13H29N3O2. The Morgan fingerprint density at radius 3 is 2.39 bits per heavy atom. The second kappa shape index (κ2) is 7.71. The van der Waals surface area contributed by atoms with E-state index in [1.165, 1.54) is 0 Å². The van der Waals surface area contributed by atoms with Crippen molar-refractivity contribution in [1.29, 1.82) is 0 Å². The molecular weight excluding hydrogens is 230 g/mol. The molecule has 3 N–H and O–H groups in total. The lowest BCUT2D eigenvalue weighted by molar-refractivity contribution is -0.124. The maximum Gasteiger partial charge on any atom is 0.237 e. The van der Waals surface area contributed by atoms with Gasteiger partial charge in [-0.15, -0.1) is 0 Å². The highest BCUT2D eigenvalue weighted by molar-refractivity contribution is 5.84. The van der Waals surface area contributed by atoms with Crippen molar-refractivity contribution in [2.24, 2.45) is 5.73 Å². The molecule has 5 nitrogen and oxygen atoms in total. The number of nitrogens with two attached hydrogens (primary N) is 1. The Balaban J connectivity index is 4.53. The van der Waals surface area contributed by atoms with E-state index in [2.05, 4.69) is 17.1 Å². The van der Waals surface area contributed by atoms with Gasteiger partial charge in [0.15, 0.2) is 0 Å². The van der Waals surface area contributed by atoms with Gasteiger partial charge in [-0.1, -0.05) is 0 Å². The summed E-state index contributed by atoms with van der Waals surface area (Å²) >= 11 is 0. The average molecular weight is 259 g/mol. The van der Waals surface area contributed by atoms with E-state index in [4.69, 9.17) is 10.5 Å². The fraction of sp³-hybridized carbons (Fsp3) is 0.923. The summed E-state index contributed by atoms with van der Waals surface area (Å²) in [5.74, 6) is -0.303. The lowest BCUT2D eigenvalue weighted by atomic mass is 9.91. The zero-order valence-corrected chi connectivity index (χ0v) is 12.6. The molecule has 18 heavy (non-hydrogen) atoms. The standard InChI is InChI=1S/C13H29N3O2/c1-10(2)15-13(4,12(14)17)9-11(3)16(5)7-8-18-6/h10-11,15H,7-9H2,1-6H3,(H2,14,17). The van der Waals surface area contributed by atoms with Gasteiger partial charge in [0, 0.05) is 25.7 Å². The SMILES string of the molecule is COCCN(C)C(C)CC(C)(NC(C)C)C(N)=O. The molecule has 0 aliphatic carbocycles. The van der Waals surface area contributed by atoms with Crippen LogP contribution in [0, 0.1) is 0 Å². The molecule has 0 saturated carbocycles. The molecule has 0 rings (SSSR count). The van der Waals surface area contributed by atoms with E-state index in [9.17, 15) is 4.79 Å². The molecule has 0 aromatic rings. The summed E-state index contributed by atoms with van der Waals surface area (Å²) in [5.41, 5.74) is 4.85. The van der Waals surface area contributed by atoms with E-state index in [0.29, 0.717) is 13.0 Å². The maximum atomic E-state index is 11.6. The number of hydrogen-bond acceptors (Lipinski definition) is 4. The predicted octanol–water partition coefficient (Wildman–Crippen LogP) is 0.585. The number of primary amides is 1. The Kier molecular flexibility index (Phi) is 7.43. The molecule has 0 saturated heterocycles. The summed E-state index contributed by atoms with van der Waals surface area (Å²) in [5, 5.41) is 3.27. The number of amides is 1. The minimum absolute atomic E-state index is 0.221. The van der Waals surface area contributed by atoms with Crippen molar-refractivity contribution in [3.8, 4) is 0 Å². The van der Waals surface area contributed by atoms with Crippen LogP contribution < -0.4 is 11.1 Å². The van der Waals surface area contributed by atoms with Crippen molar-refractivity contribution in [1.82, 2.24) is 10.2 Å². The summed E-state index contributed by atoms with van der Waals surface area (Å²) in [6, 6.07) is 0.475.